The highest BCUT2D eigenvalue weighted by atomic mass is 32.2. The first-order valence-electron chi connectivity index (χ1n) is 14.6. The summed E-state index contributed by atoms with van der Waals surface area (Å²) in [6.07, 6.45) is 0.854. The second-order valence-corrected chi connectivity index (χ2v) is 13.1. The van der Waals surface area contributed by atoms with Crippen molar-refractivity contribution in [3.8, 4) is 11.5 Å². The molecular weight excluding hydrogens is 614 g/mol. The van der Waals surface area contributed by atoms with Crippen LogP contribution in [0.25, 0.3) is 5.76 Å². The number of hydrogen-bond donors (Lipinski definition) is 1. The number of thioether (sulfide) groups is 1. The molecule has 1 fully saturated rings. The van der Waals surface area contributed by atoms with Gasteiger partial charge in [0.15, 0.2) is 15.8 Å². The number of rotatable bonds is 12. The number of carbonyl (C=O) groups excluding carboxylic acids is 2. The molecule has 11 heteroatoms. The Morgan fingerprint density at radius 1 is 1.02 bits per heavy atom. The quantitative estimate of drug-likeness (QED) is 0.0548. The molecule has 4 aromatic rings. The largest absolute Gasteiger partial charge is 0.507 e. The molecule has 1 amide bonds. The van der Waals surface area contributed by atoms with Crippen LogP contribution in [0.2, 0.25) is 0 Å². The number of ketones is 1. The average molecular weight is 648 g/mol. The summed E-state index contributed by atoms with van der Waals surface area (Å²) in [6.45, 7) is 8.95. The molecule has 2 heterocycles. The summed E-state index contributed by atoms with van der Waals surface area (Å²) in [4.78, 5) is 28.5. The minimum atomic E-state index is -1.05. The van der Waals surface area contributed by atoms with E-state index in [2.05, 4.69) is 24.0 Å². The van der Waals surface area contributed by atoms with Gasteiger partial charge in [0.05, 0.1) is 24.8 Å². The van der Waals surface area contributed by atoms with E-state index in [9.17, 15) is 19.1 Å². The Hall–Kier alpha value is -4.22. The molecule has 1 saturated heterocycles. The smallest absolute Gasteiger partial charge is 0.301 e. The Morgan fingerprint density at radius 3 is 2.44 bits per heavy atom. The lowest BCUT2D eigenvalue weighted by atomic mass is 9.95. The summed E-state index contributed by atoms with van der Waals surface area (Å²) in [5.74, 6) is -0.584. The summed E-state index contributed by atoms with van der Waals surface area (Å²) in [6, 6.07) is 17.4. The van der Waals surface area contributed by atoms with Crippen molar-refractivity contribution in [3.05, 3.63) is 100 Å². The van der Waals surface area contributed by atoms with Crippen molar-refractivity contribution >= 4 is 45.7 Å². The van der Waals surface area contributed by atoms with Crippen LogP contribution in [0.1, 0.15) is 55.5 Å². The molecule has 0 spiro atoms. The highest BCUT2D eigenvalue weighted by Crippen LogP contribution is 2.45. The number of aromatic nitrogens is 2. The maximum absolute atomic E-state index is 13.7. The molecule has 0 radical (unpaired) electrons. The van der Waals surface area contributed by atoms with Crippen molar-refractivity contribution in [1.29, 1.82) is 0 Å². The third kappa shape index (κ3) is 7.37. The highest BCUT2D eigenvalue weighted by molar-refractivity contribution is 8.00. The van der Waals surface area contributed by atoms with E-state index in [1.807, 2.05) is 38.1 Å². The zero-order valence-corrected chi connectivity index (χ0v) is 27.1. The molecule has 3 aromatic carbocycles. The second kappa shape index (κ2) is 14.3. The van der Waals surface area contributed by atoms with E-state index in [4.69, 9.17) is 9.47 Å². The molecule has 1 unspecified atom stereocenters. The lowest BCUT2D eigenvalue weighted by molar-refractivity contribution is -0.132. The van der Waals surface area contributed by atoms with Gasteiger partial charge in [-0.3, -0.25) is 14.5 Å². The lowest BCUT2D eigenvalue weighted by Crippen LogP contribution is -2.29. The van der Waals surface area contributed by atoms with Gasteiger partial charge >= 0.3 is 5.91 Å². The van der Waals surface area contributed by atoms with Gasteiger partial charge in [-0.25, -0.2) is 4.39 Å². The number of aliphatic hydroxyl groups is 1. The Morgan fingerprint density at radius 2 is 1.76 bits per heavy atom. The molecular formula is C34H34FN3O5S2. The van der Waals surface area contributed by atoms with Gasteiger partial charge in [-0.2, -0.15) is 0 Å². The molecule has 45 heavy (non-hydrogen) atoms. The summed E-state index contributed by atoms with van der Waals surface area (Å²) in [7, 11) is 0. The Bertz CT molecular complexity index is 1700. The molecule has 234 valence electrons. The number of hydrogen-bond acceptors (Lipinski definition) is 9. The second-order valence-electron chi connectivity index (χ2n) is 11.0. The van der Waals surface area contributed by atoms with E-state index < -0.39 is 29.3 Å². The van der Waals surface area contributed by atoms with Gasteiger partial charge in [-0.05, 0) is 73.7 Å². The zero-order chi connectivity index (χ0) is 32.1. The van der Waals surface area contributed by atoms with Crippen LogP contribution in [0.15, 0.2) is 76.6 Å². The monoisotopic (exact) mass is 647 g/mol. The summed E-state index contributed by atoms with van der Waals surface area (Å²) >= 11 is 2.66. The van der Waals surface area contributed by atoms with Crippen molar-refractivity contribution in [1.82, 2.24) is 10.2 Å². The van der Waals surface area contributed by atoms with E-state index in [1.54, 1.807) is 18.2 Å². The van der Waals surface area contributed by atoms with Crippen molar-refractivity contribution in [2.24, 2.45) is 5.92 Å². The van der Waals surface area contributed by atoms with Crippen LogP contribution in [0, 0.1) is 18.7 Å². The molecule has 5 rings (SSSR count). The van der Waals surface area contributed by atoms with Gasteiger partial charge in [0.1, 0.15) is 11.6 Å². The third-order valence-electron chi connectivity index (χ3n) is 7.18. The molecule has 1 N–H and O–H groups in total. The van der Waals surface area contributed by atoms with Crippen molar-refractivity contribution in [2.75, 3.05) is 18.1 Å². The fourth-order valence-corrected chi connectivity index (χ4v) is 6.61. The molecule has 1 aromatic heterocycles. The third-order valence-corrected chi connectivity index (χ3v) is 9.31. The predicted octanol–water partition coefficient (Wildman–Crippen LogP) is 7.73. The van der Waals surface area contributed by atoms with Crippen LogP contribution >= 0.6 is 23.1 Å². The topological polar surface area (TPSA) is 102 Å². The van der Waals surface area contributed by atoms with E-state index >= 15 is 0 Å². The lowest BCUT2D eigenvalue weighted by Gasteiger charge is -2.23. The van der Waals surface area contributed by atoms with E-state index in [0.717, 1.165) is 12.0 Å². The first kappa shape index (κ1) is 32.2. The first-order chi connectivity index (χ1) is 21.7. The molecule has 1 aliphatic rings. The van der Waals surface area contributed by atoms with E-state index in [0.29, 0.717) is 46.3 Å². The average Bonchev–Trinajstić information content (AvgIpc) is 3.59. The SMILES string of the molecule is CCOc1cc(C2/C(=C(\O)c3ccc(F)cc3)C(=O)C(=O)N2c2nnc(SCc3ccc(C)cc3)s2)ccc1OCCC(C)C. The van der Waals surface area contributed by atoms with E-state index in [1.165, 1.54) is 57.8 Å². The first-order valence-corrected chi connectivity index (χ1v) is 16.4. The van der Waals surface area contributed by atoms with Crippen LogP contribution in [-0.2, 0) is 15.3 Å². The normalized spacial score (nSPS) is 16.0. The molecule has 0 saturated carbocycles. The summed E-state index contributed by atoms with van der Waals surface area (Å²) < 4.78 is 26.2. The van der Waals surface area contributed by atoms with E-state index in [-0.39, 0.29) is 16.3 Å². The van der Waals surface area contributed by atoms with Crippen LogP contribution in [-0.4, -0.2) is 40.2 Å². The number of ether oxygens (including phenoxy) is 2. The number of aryl methyl sites for hydroxylation is 1. The van der Waals surface area contributed by atoms with Gasteiger partial charge in [-0.15, -0.1) is 10.2 Å². The van der Waals surface area contributed by atoms with Gasteiger partial charge in [0.2, 0.25) is 5.13 Å². The minimum Gasteiger partial charge on any atom is -0.507 e. The molecule has 1 aliphatic heterocycles. The number of aliphatic hydroxyl groups excluding tert-OH is 1. The maximum atomic E-state index is 13.7. The Labute approximate surface area is 269 Å². The molecule has 0 bridgehead atoms. The highest BCUT2D eigenvalue weighted by Gasteiger charge is 2.48. The minimum absolute atomic E-state index is 0.147. The van der Waals surface area contributed by atoms with Gasteiger partial charge < -0.3 is 14.6 Å². The Balaban J connectivity index is 1.55. The number of nitrogens with zero attached hydrogens (tertiary/aromatic N) is 3. The zero-order valence-electron chi connectivity index (χ0n) is 25.5. The number of Topliss-reactive ketones (excluding diaryl/α,β-unsaturated/α-hetero) is 1. The van der Waals surface area contributed by atoms with Gasteiger partial charge in [-0.1, -0.05) is 72.8 Å². The fraction of sp³-hybridized carbons (Fsp3) is 0.294. The van der Waals surface area contributed by atoms with Crippen molar-refractivity contribution in [3.63, 3.8) is 0 Å². The molecule has 0 aliphatic carbocycles. The van der Waals surface area contributed by atoms with Crippen LogP contribution in [0.5, 0.6) is 11.5 Å². The predicted molar refractivity (Wildman–Crippen MR) is 174 cm³/mol. The number of anilines is 1. The fourth-order valence-electron chi connectivity index (χ4n) is 4.78. The maximum Gasteiger partial charge on any atom is 0.301 e. The number of carbonyl (C=O) groups is 2. The van der Waals surface area contributed by atoms with Crippen LogP contribution < -0.4 is 14.4 Å². The van der Waals surface area contributed by atoms with Crippen LogP contribution in [0.4, 0.5) is 9.52 Å². The summed E-state index contributed by atoms with van der Waals surface area (Å²) in [5.41, 5.74) is 2.83. The molecule has 1 atom stereocenters. The number of amides is 1. The van der Waals surface area contributed by atoms with Crippen molar-refractivity contribution < 1.29 is 28.6 Å². The summed E-state index contributed by atoms with van der Waals surface area (Å²) in [5, 5.41) is 20.2. The standard InChI is InChI=1S/C34H34FN3O5S2/c1-5-42-27-18-24(12-15-26(27)43-17-16-20(2)3)29-28(30(39)23-10-13-25(35)14-11-23)31(40)32(41)38(29)33-36-37-34(45-33)44-19-22-8-6-21(4)7-9-22/h6-15,18,20,29,39H,5,16-17,19H2,1-4H3/b30-28+. The molecule has 8 nitrogen and oxygen atoms in total. The number of halogens is 1. The Kier molecular flexibility index (Phi) is 10.2. The number of benzene rings is 3. The van der Waals surface area contributed by atoms with Crippen molar-refractivity contribution in [2.45, 2.75) is 50.3 Å². The van der Waals surface area contributed by atoms with Crippen LogP contribution in [0.3, 0.4) is 0 Å². The van der Waals surface area contributed by atoms with Gasteiger partial charge in [0, 0.05) is 11.3 Å². The van der Waals surface area contributed by atoms with Gasteiger partial charge in [0.25, 0.3) is 5.78 Å².